The molecule has 0 aromatic heterocycles. The van der Waals surface area contributed by atoms with Gasteiger partial charge >= 0.3 is 0 Å². The zero-order valence-corrected chi connectivity index (χ0v) is 6.13. The van der Waals surface area contributed by atoms with Crippen LogP contribution < -0.4 is 0 Å². The van der Waals surface area contributed by atoms with Crippen molar-refractivity contribution in [2.24, 2.45) is 17.8 Å². The molecule has 0 bridgehead atoms. The second kappa shape index (κ2) is 2.51. The van der Waals surface area contributed by atoms with Crippen molar-refractivity contribution in [3.63, 3.8) is 0 Å². The van der Waals surface area contributed by atoms with E-state index in [1.165, 1.54) is 6.42 Å². The Morgan fingerprint density at radius 2 is 2.00 bits per heavy atom. The highest BCUT2D eigenvalue weighted by atomic mass is 16.1. The Labute approximate surface area is 56.4 Å². The Balaban J connectivity index is 2.47. The molecule has 1 rings (SSSR count). The van der Waals surface area contributed by atoms with E-state index in [1.54, 1.807) is 0 Å². The molecule has 1 aliphatic rings. The van der Waals surface area contributed by atoms with Crippen LogP contribution in [0.1, 0.15) is 26.7 Å². The fraction of sp³-hybridized carbons (Fsp3) is 0.875. The quantitative estimate of drug-likeness (QED) is 0.490. The predicted octanol–water partition coefficient (Wildman–Crippen LogP) is 1.87. The molecule has 0 N–H and O–H groups in total. The number of hydrogen-bond acceptors (Lipinski definition) is 1. The molecule has 1 saturated carbocycles. The van der Waals surface area contributed by atoms with Crippen LogP contribution in [0.5, 0.6) is 0 Å². The van der Waals surface area contributed by atoms with Gasteiger partial charge in [0.25, 0.3) is 0 Å². The fourth-order valence-electron chi connectivity index (χ4n) is 1.79. The Morgan fingerprint density at radius 3 is 2.22 bits per heavy atom. The lowest BCUT2D eigenvalue weighted by Gasteiger charge is -2.03. The standard InChI is InChI=1S/C8H14O/c1-6-3-7(2)8(4-6)5-9/h5-8H,3-4H2,1-2H3. The third kappa shape index (κ3) is 1.32. The summed E-state index contributed by atoms with van der Waals surface area (Å²) in [6.07, 6.45) is 3.47. The van der Waals surface area contributed by atoms with Gasteiger partial charge < -0.3 is 4.79 Å². The molecule has 0 radical (unpaired) electrons. The molecule has 0 saturated heterocycles. The first kappa shape index (κ1) is 6.79. The number of hydrogen-bond donors (Lipinski definition) is 0. The van der Waals surface area contributed by atoms with Crippen molar-refractivity contribution in [3.05, 3.63) is 0 Å². The molecule has 3 unspecified atom stereocenters. The van der Waals surface area contributed by atoms with Crippen molar-refractivity contribution in [1.29, 1.82) is 0 Å². The molecule has 0 aromatic rings. The minimum Gasteiger partial charge on any atom is -0.303 e. The van der Waals surface area contributed by atoms with Crippen LogP contribution in [0.3, 0.4) is 0 Å². The van der Waals surface area contributed by atoms with Gasteiger partial charge in [-0.25, -0.2) is 0 Å². The largest absolute Gasteiger partial charge is 0.303 e. The average molecular weight is 126 g/mol. The Morgan fingerprint density at radius 1 is 1.33 bits per heavy atom. The highest BCUT2D eigenvalue weighted by Gasteiger charge is 2.27. The van der Waals surface area contributed by atoms with Gasteiger partial charge in [0.05, 0.1) is 0 Å². The van der Waals surface area contributed by atoms with E-state index in [-0.39, 0.29) is 0 Å². The number of aldehydes is 1. The van der Waals surface area contributed by atoms with E-state index in [2.05, 4.69) is 13.8 Å². The van der Waals surface area contributed by atoms with Crippen LogP contribution >= 0.6 is 0 Å². The van der Waals surface area contributed by atoms with Gasteiger partial charge in [-0.05, 0) is 24.7 Å². The molecule has 52 valence electrons. The molecule has 3 atom stereocenters. The molecule has 0 aliphatic heterocycles. The first-order valence-corrected chi connectivity index (χ1v) is 3.69. The Hall–Kier alpha value is -0.330. The lowest BCUT2D eigenvalue weighted by atomic mass is 10.0. The maximum atomic E-state index is 10.4. The number of rotatable bonds is 1. The summed E-state index contributed by atoms with van der Waals surface area (Å²) in [5, 5.41) is 0. The molecule has 0 heterocycles. The molecule has 0 amide bonds. The van der Waals surface area contributed by atoms with Crippen LogP contribution in [0, 0.1) is 17.8 Å². The molecular formula is C8H14O. The molecule has 1 nitrogen and oxygen atoms in total. The van der Waals surface area contributed by atoms with Crippen molar-refractivity contribution in [2.75, 3.05) is 0 Å². The SMILES string of the molecule is CC1CC(C)C(C=O)C1. The highest BCUT2D eigenvalue weighted by molar-refractivity contribution is 5.54. The van der Waals surface area contributed by atoms with E-state index >= 15 is 0 Å². The summed E-state index contributed by atoms with van der Waals surface area (Å²) in [4.78, 5) is 10.4. The zero-order chi connectivity index (χ0) is 6.85. The maximum Gasteiger partial charge on any atom is 0.123 e. The lowest BCUT2D eigenvalue weighted by Crippen LogP contribution is -2.03. The lowest BCUT2D eigenvalue weighted by molar-refractivity contribution is -0.111. The molecule has 1 aliphatic carbocycles. The second-order valence-corrected chi connectivity index (χ2v) is 3.35. The zero-order valence-electron chi connectivity index (χ0n) is 6.13. The van der Waals surface area contributed by atoms with Gasteiger partial charge in [0.15, 0.2) is 0 Å². The number of carbonyl (C=O) groups excluding carboxylic acids is 1. The van der Waals surface area contributed by atoms with Crippen molar-refractivity contribution < 1.29 is 4.79 Å². The van der Waals surface area contributed by atoms with Gasteiger partial charge in [0.2, 0.25) is 0 Å². The molecule has 1 heteroatoms. The van der Waals surface area contributed by atoms with Crippen LogP contribution in [0.2, 0.25) is 0 Å². The van der Waals surface area contributed by atoms with E-state index in [0.717, 1.165) is 18.6 Å². The molecular weight excluding hydrogens is 112 g/mol. The van der Waals surface area contributed by atoms with Crippen molar-refractivity contribution >= 4 is 6.29 Å². The first-order chi connectivity index (χ1) is 4.24. The van der Waals surface area contributed by atoms with Crippen LogP contribution in [-0.4, -0.2) is 6.29 Å². The predicted molar refractivity (Wildman–Crippen MR) is 37.1 cm³/mol. The summed E-state index contributed by atoms with van der Waals surface area (Å²) in [6, 6.07) is 0. The second-order valence-electron chi connectivity index (χ2n) is 3.35. The summed E-state index contributed by atoms with van der Waals surface area (Å²) in [5.41, 5.74) is 0. The third-order valence-electron chi connectivity index (χ3n) is 2.35. The minimum absolute atomic E-state index is 0.361. The minimum atomic E-state index is 0.361. The molecule has 0 aromatic carbocycles. The van der Waals surface area contributed by atoms with Gasteiger partial charge in [-0.3, -0.25) is 0 Å². The molecule has 1 fully saturated rings. The van der Waals surface area contributed by atoms with Crippen LogP contribution in [0.15, 0.2) is 0 Å². The van der Waals surface area contributed by atoms with Crippen molar-refractivity contribution in [1.82, 2.24) is 0 Å². The third-order valence-corrected chi connectivity index (χ3v) is 2.35. The summed E-state index contributed by atoms with van der Waals surface area (Å²) in [7, 11) is 0. The van der Waals surface area contributed by atoms with Gasteiger partial charge in [0.1, 0.15) is 6.29 Å². The van der Waals surface area contributed by atoms with Crippen LogP contribution in [0.25, 0.3) is 0 Å². The summed E-state index contributed by atoms with van der Waals surface area (Å²) in [5.74, 6) is 1.77. The summed E-state index contributed by atoms with van der Waals surface area (Å²) < 4.78 is 0. The average Bonchev–Trinajstić information content (AvgIpc) is 2.10. The van der Waals surface area contributed by atoms with Crippen LogP contribution in [0.4, 0.5) is 0 Å². The van der Waals surface area contributed by atoms with E-state index < -0.39 is 0 Å². The van der Waals surface area contributed by atoms with Gasteiger partial charge in [0, 0.05) is 5.92 Å². The van der Waals surface area contributed by atoms with Gasteiger partial charge in [-0.1, -0.05) is 13.8 Å². The molecule has 0 spiro atoms. The maximum absolute atomic E-state index is 10.4. The highest BCUT2D eigenvalue weighted by Crippen LogP contribution is 2.33. The Bertz CT molecular complexity index is 109. The van der Waals surface area contributed by atoms with E-state index in [0.29, 0.717) is 11.8 Å². The van der Waals surface area contributed by atoms with E-state index in [9.17, 15) is 4.79 Å². The summed E-state index contributed by atoms with van der Waals surface area (Å²) in [6.45, 7) is 4.39. The van der Waals surface area contributed by atoms with E-state index in [4.69, 9.17) is 0 Å². The van der Waals surface area contributed by atoms with Crippen molar-refractivity contribution in [3.8, 4) is 0 Å². The smallest absolute Gasteiger partial charge is 0.123 e. The van der Waals surface area contributed by atoms with E-state index in [1.807, 2.05) is 0 Å². The van der Waals surface area contributed by atoms with Crippen molar-refractivity contribution in [2.45, 2.75) is 26.7 Å². The normalized spacial score (nSPS) is 43.1. The van der Waals surface area contributed by atoms with Crippen LogP contribution in [-0.2, 0) is 4.79 Å². The fourth-order valence-corrected chi connectivity index (χ4v) is 1.79. The topological polar surface area (TPSA) is 17.1 Å². The summed E-state index contributed by atoms with van der Waals surface area (Å²) >= 11 is 0. The number of carbonyl (C=O) groups is 1. The molecule has 9 heavy (non-hydrogen) atoms. The van der Waals surface area contributed by atoms with Gasteiger partial charge in [-0.2, -0.15) is 0 Å². The first-order valence-electron chi connectivity index (χ1n) is 3.69. The monoisotopic (exact) mass is 126 g/mol. The Kier molecular flexibility index (Phi) is 1.89. The van der Waals surface area contributed by atoms with Gasteiger partial charge in [-0.15, -0.1) is 0 Å².